The van der Waals surface area contributed by atoms with E-state index in [1.807, 2.05) is 36.4 Å². The third kappa shape index (κ3) is 2.51. The van der Waals surface area contributed by atoms with Gasteiger partial charge in [-0.1, -0.05) is 18.2 Å². The molecule has 0 spiro atoms. The molecule has 0 radical (unpaired) electrons. The largest absolute Gasteiger partial charge is 0.364 e. The van der Waals surface area contributed by atoms with Crippen LogP contribution in [0.5, 0.6) is 0 Å². The average Bonchev–Trinajstić information content (AvgIpc) is 2.37. The highest BCUT2D eigenvalue weighted by Crippen LogP contribution is 2.19. The Morgan fingerprint density at radius 1 is 1.11 bits per heavy atom. The zero-order valence-electron chi connectivity index (χ0n) is 10.2. The zero-order chi connectivity index (χ0) is 13.0. The summed E-state index contributed by atoms with van der Waals surface area (Å²) in [5.41, 5.74) is 1.81. The Kier molecular flexibility index (Phi) is 3.63. The molecule has 3 nitrogen and oxygen atoms in total. The number of hydrogen-bond donors (Lipinski definition) is 1. The first-order valence-electron chi connectivity index (χ1n) is 5.84. The Labute approximate surface area is 106 Å². The minimum absolute atomic E-state index is 0.0846. The summed E-state index contributed by atoms with van der Waals surface area (Å²) >= 11 is 0. The molecule has 1 N–H and O–H groups in total. The number of nitrogens with zero attached hydrogens (tertiary/aromatic N) is 1. The number of rotatable bonds is 5. The van der Waals surface area contributed by atoms with E-state index in [2.05, 4.69) is 23.0 Å². The monoisotopic (exact) mass is 240 g/mol. The van der Waals surface area contributed by atoms with E-state index in [4.69, 9.17) is 0 Å². The van der Waals surface area contributed by atoms with E-state index in [9.17, 15) is 4.79 Å². The van der Waals surface area contributed by atoms with E-state index < -0.39 is 0 Å². The van der Waals surface area contributed by atoms with Crippen molar-refractivity contribution >= 4 is 16.6 Å². The molecule has 0 unspecified atom stereocenters. The quantitative estimate of drug-likeness (QED) is 0.816. The van der Waals surface area contributed by atoms with Gasteiger partial charge < -0.3 is 9.88 Å². The number of H-pyrrole nitrogens is 1. The second kappa shape index (κ2) is 5.36. The Bertz CT molecular complexity index is 618. The van der Waals surface area contributed by atoms with Crippen LogP contribution in [0, 0.1) is 0 Å². The summed E-state index contributed by atoms with van der Waals surface area (Å²) in [7, 11) is 0. The molecule has 1 heterocycles. The second-order valence-electron chi connectivity index (χ2n) is 4.08. The molecule has 2 rings (SSSR count). The normalized spacial score (nSPS) is 10.2. The molecule has 0 saturated heterocycles. The van der Waals surface area contributed by atoms with Crippen molar-refractivity contribution in [1.29, 1.82) is 0 Å². The summed E-state index contributed by atoms with van der Waals surface area (Å²) in [6.45, 7) is 8.99. The van der Waals surface area contributed by atoms with Crippen molar-refractivity contribution in [1.82, 2.24) is 4.98 Å². The van der Waals surface area contributed by atoms with Gasteiger partial charge in [0.1, 0.15) is 0 Å². The minimum Gasteiger partial charge on any atom is -0.364 e. The third-order valence-corrected chi connectivity index (χ3v) is 2.77. The average molecular weight is 240 g/mol. The van der Waals surface area contributed by atoms with Crippen molar-refractivity contribution in [3.05, 3.63) is 66.0 Å². The topological polar surface area (TPSA) is 36.1 Å². The van der Waals surface area contributed by atoms with E-state index in [0.717, 1.165) is 29.7 Å². The molecule has 0 bridgehead atoms. The minimum atomic E-state index is -0.0846. The van der Waals surface area contributed by atoms with Gasteiger partial charge in [0.25, 0.3) is 0 Å². The number of pyridine rings is 1. The smallest absolute Gasteiger partial charge is 0.248 e. The Morgan fingerprint density at radius 3 is 2.44 bits per heavy atom. The Balaban J connectivity index is 2.46. The summed E-state index contributed by atoms with van der Waals surface area (Å²) in [5, 5.41) is 1.02. The summed E-state index contributed by atoms with van der Waals surface area (Å²) in [6, 6.07) is 9.37. The van der Waals surface area contributed by atoms with Gasteiger partial charge in [-0.05, 0) is 23.6 Å². The van der Waals surface area contributed by atoms with Crippen LogP contribution in [0.3, 0.4) is 0 Å². The van der Waals surface area contributed by atoms with Gasteiger partial charge in [0, 0.05) is 24.8 Å². The predicted octanol–water partition coefficient (Wildman–Crippen LogP) is 2.71. The van der Waals surface area contributed by atoms with Crippen LogP contribution >= 0.6 is 0 Å². The summed E-state index contributed by atoms with van der Waals surface area (Å²) in [4.78, 5) is 16.3. The van der Waals surface area contributed by atoms with Crippen molar-refractivity contribution in [2.45, 2.75) is 0 Å². The SMILES string of the molecule is C=CCN(CC=C)c1ccc2ccc(=O)[nH]c2c1. The molecular formula is C15H16N2O. The number of nitrogens with one attached hydrogen (secondary N) is 1. The Morgan fingerprint density at radius 2 is 1.78 bits per heavy atom. The first-order chi connectivity index (χ1) is 8.74. The van der Waals surface area contributed by atoms with E-state index in [1.54, 1.807) is 0 Å². The number of aromatic nitrogens is 1. The van der Waals surface area contributed by atoms with E-state index in [-0.39, 0.29) is 5.56 Å². The molecule has 18 heavy (non-hydrogen) atoms. The van der Waals surface area contributed by atoms with Crippen molar-refractivity contribution in [3.8, 4) is 0 Å². The fourth-order valence-corrected chi connectivity index (χ4v) is 1.93. The number of aromatic amines is 1. The highest BCUT2D eigenvalue weighted by Gasteiger charge is 2.04. The first kappa shape index (κ1) is 12.2. The van der Waals surface area contributed by atoms with E-state index >= 15 is 0 Å². The fourth-order valence-electron chi connectivity index (χ4n) is 1.93. The van der Waals surface area contributed by atoms with Gasteiger partial charge in [0.2, 0.25) is 5.56 Å². The van der Waals surface area contributed by atoms with E-state index in [0.29, 0.717) is 0 Å². The van der Waals surface area contributed by atoms with Crippen LogP contribution < -0.4 is 10.5 Å². The number of anilines is 1. The maximum atomic E-state index is 11.3. The molecule has 1 aromatic heterocycles. The van der Waals surface area contributed by atoms with Crippen molar-refractivity contribution in [2.75, 3.05) is 18.0 Å². The van der Waals surface area contributed by atoms with Crippen molar-refractivity contribution in [3.63, 3.8) is 0 Å². The number of hydrogen-bond acceptors (Lipinski definition) is 2. The summed E-state index contributed by atoms with van der Waals surface area (Å²) in [5.74, 6) is 0. The van der Waals surface area contributed by atoms with Crippen molar-refractivity contribution < 1.29 is 0 Å². The van der Waals surface area contributed by atoms with Gasteiger partial charge >= 0.3 is 0 Å². The maximum absolute atomic E-state index is 11.3. The summed E-state index contributed by atoms with van der Waals surface area (Å²) in [6.07, 6.45) is 3.70. The number of benzene rings is 1. The molecule has 0 aliphatic heterocycles. The van der Waals surface area contributed by atoms with Crippen LogP contribution in [0.2, 0.25) is 0 Å². The molecule has 2 aromatic rings. The summed E-state index contributed by atoms with van der Waals surface area (Å²) < 4.78 is 0. The predicted molar refractivity (Wildman–Crippen MR) is 77.2 cm³/mol. The van der Waals surface area contributed by atoms with Gasteiger partial charge in [0.05, 0.1) is 5.52 Å². The zero-order valence-corrected chi connectivity index (χ0v) is 10.2. The second-order valence-corrected chi connectivity index (χ2v) is 4.08. The van der Waals surface area contributed by atoms with E-state index in [1.165, 1.54) is 6.07 Å². The molecule has 0 aliphatic carbocycles. The molecule has 92 valence electrons. The lowest BCUT2D eigenvalue weighted by molar-refractivity contribution is 0.958. The van der Waals surface area contributed by atoms with Crippen molar-refractivity contribution in [2.24, 2.45) is 0 Å². The molecule has 0 saturated carbocycles. The maximum Gasteiger partial charge on any atom is 0.248 e. The van der Waals surface area contributed by atoms with Gasteiger partial charge in [-0.3, -0.25) is 4.79 Å². The van der Waals surface area contributed by atoms with Crippen LogP contribution in [0.1, 0.15) is 0 Å². The highest BCUT2D eigenvalue weighted by molar-refractivity contribution is 5.82. The fraction of sp³-hybridized carbons (Fsp3) is 0.133. The van der Waals surface area contributed by atoms with Gasteiger partial charge in [0.15, 0.2) is 0 Å². The van der Waals surface area contributed by atoms with Crippen LogP contribution in [-0.2, 0) is 0 Å². The van der Waals surface area contributed by atoms with Crippen LogP contribution in [0.4, 0.5) is 5.69 Å². The lowest BCUT2D eigenvalue weighted by atomic mass is 10.2. The first-order valence-corrected chi connectivity index (χ1v) is 5.84. The molecule has 0 atom stereocenters. The molecular weight excluding hydrogens is 224 g/mol. The highest BCUT2D eigenvalue weighted by atomic mass is 16.1. The van der Waals surface area contributed by atoms with Gasteiger partial charge in [-0.25, -0.2) is 0 Å². The molecule has 0 fully saturated rings. The van der Waals surface area contributed by atoms with Crippen LogP contribution in [0.15, 0.2) is 60.4 Å². The standard InChI is InChI=1S/C15H16N2O/c1-3-9-17(10-4-2)13-7-5-12-6-8-15(18)16-14(12)11-13/h3-8,11H,1-2,9-10H2,(H,16,18). The number of fused-ring (bicyclic) bond motifs is 1. The van der Waals surface area contributed by atoms with Gasteiger partial charge in [-0.2, -0.15) is 0 Å². The molecule has 0 amide bonds. The van der Waals surface area contributed by atoms with Crippen LogP contribution in [0.25, 0.3) is 10.9 Å². The molecule has 1 aromatic carbocycles. The van der Waals surface area contributed by atoms with Crippen LogP contribution in [-0.4, -0.2) is 18.1 Å². The lowest BCUT2D eigenvalue weighted by Gasteiger charge is -2.21. The Hall–Kier alpha value is -2.29. The van der Waals surface area contributed by atoms with Gasteiger partial charge in [-0.15, -0.1) is 13.2 Å². The lowest BCUT2D eigenvalue weighted by Crippen LogP contribution is -2.23. The molecule has 0 aliphatic rings. The third-order valence-electron chi connectivity index (χ3n) is 2.77. The molecule has 3 heteroatoms.